The number of nitrogens with zero attached hydrogens (tertiary/aromatic N) is 3. The number of carbonyl (C=O) groups is 1. The van der Waals surface area contributed by atoms with Gasteiger partial charge < -0.3 is 15.4 Å². The maximum atomic E-state index is 13.6. The molecule has 7 nitrogen and oxygen atoms in total. The second kappa shape index (κ2) is 9.23. The van der Waals surface area contributed by atoms with E-state index in [-0.39, 0.29) is 5.91 Å². The summed E-state index contributed by atoms with van der Waals surface area (Å²) in [4.78, 5) is 27.5. The van der Waals surface area contributed by atoms with E-state index in [0.717, 1.165) is 70.4 Å². The van der Waals surface area contributed by atoms with E-state index in [4.69, 9.17) is 9.72 Å². The molecule has 7 heteroatoms. The van der Waals surface area contributed by atoms with Crippen molar-refractivity contribution in [2.75, 3.05) is 13.2 Å². The first-order valence-corrected chi connectivity index (χ1v) is 12.9. The normalized spacial score (nSPS) is 17.8. The number of aromatic nitrogens is 3. The second-order valence-corrected chi connectivity index (χ2v) is 10.4. The fourth-order valence-corrected chi connectivity index (χ4v) is 4.90. The first-order valence-electron chi connectivity index (χ1n) is 12.9. The van der Waals surface area contributed by atoms with Gasteiger partial charge in [-0.05, 0) is 93.6 Å². The maximum Gasteiger partial charge on any atom is 0.252 e. The van der Waals surface area contributed by atoms with Gasteiger partial charge in [-0.1, -0.05) is 12.1 Å². The van der Waals surface area contributed by atoms with Crippen LogP contribution in [0.5, 0.6) is 5.75 Å². The summed E-state index contributed by atoms with van der Waals surface area (Å²) >= 11 is 0. The second-order valence-electron chi connectivity index (χ2n) is 10.4. The van der Waals surface area contributed by atoms with Crippen LogP contribution in [0.1, 0.15) is 52.0 Å². The molecule has 2 fully saturated rings. The number of benzene rings is 2. The van der Waals surface area contributed by atoms with E-state index in [1.807, 2.05) is 63.5 Å². The molecule has 0 bridgehead atoms. The highest BCUT2D eigenvalue weighted by Gasteiger charge is 2.47. The number of hydrogen-bond acceptors (Lipinski definition) is 6. The number of hydrogen-bond donors (Lipinski definition) is 2. The number of fused-ring (bicyclic) bond motifs is 1. The molecule has 1 aliphatic heterocycles. The zero-order chi connectivity index (χ0) is 25.6. The zero-order valence-corrected chi connectivity index (χ0v) is 21.5. The van der Waals surface area contributed by atoms with Gasteiger partial charge in [-0.15, -0.1) is 0 Å². The summed E-state index contributed by atoms with van der Waals surface area (Å²) in [5.41, 5.74) is 5.91. The van der Waals surface area contributed by atoms with E-state index in [1.54, 1.807) is 0 Å². The molecule has 0 radical (unpaired) electrons. The Balaban J connectivity index is 1.33. The monoisotopic (exact) mass is 493 g/mol. The highest BCUT2D eigenvalue weighted by molar-refractivity contribution is 5.98. The SMILES string of the molecule is Cc1cnc(-c2cc(C3(NC(=O)c4cc(OC[C@@H]5CCN5)ccc4C)CC3)c3ccc(C)nc3c2)nc1. The lowest BCUT2D eigenvalue weighted by atomic mass is 9.95. The van der Waals surface area contributed by atoms with Gasteiger partial charge in [0.15, 0.2) is 5.82 Å². The third kappa shape index (κ3) is 4.67. The summed E-state index contributed by atoms with van der Waals surface area (Å²) in [5, 5.41) is 7.76. The van der Waals surface area contributed by atoms with Gasteiger partial charge in [0.25, 0.3) is 5.91 Å². The van der Waals surface area contributed by atoms with Crippen molar-refractivity contribution in [3.05, 3.63) is 82.8 Å². The lowest BCUT2D eigenvalue weighted by Gasteiger charge is -2.27. The minimum Gasteiger partial charge on any atom is -0.492 e. The minimum absolute atomic E-state index is 0.0903. The summed E-state index contributed by atoms with van der Waals surface area (Å²) < 4.78 is 5.96. The topological polar surface area (TPSA) is 89.0 Å². The van der Waals surface area contributed by atoms with Gasteiger partial charge in [-0.2, -0.15) is 0 Å². The van der Waals surface area contributed by atoms with Crippen molar-refractivity contribution in [3.8, 4) is 17.1 Å². The van der Waals surface area contributed by atoms with Crippen LogP contribution >= 0.6 is 0 Å². The molecule has 6 rings (SSSR count). The van der Waals surface area contributed by atoms with Crippen LogP contribution in [0.15, 0.2) is 54.9 Å². The molecule has 1 saturated carbocycles. The number of nitrogens with one attached hydrogen (secondary N) is 2. The Morgan fingerprint density at radius 1 is 1.08 bits per heavy atom. The van der Waals surface area contributed by atoms with Gasteiger partial charge in [0.05, 0.1) is 11.1 Å². The average molecular weight is 494 g/mol. The molecule has 2 aliphatic rings. The van der Waals surface area contributed by atoms with Crippen LogP contribution < -0.4 is 15.4 Å². The number of aryl methyl sites for hydroxylation is 3. The average Bonchev–Trinajstić information content (AvgIpc) is 3.64. The van der Waals surface area contributed by atoms with Gasteiger partial charge in [-0.3, -0.25) is 9.78 Å². The van der Waals surface area contributed by atoms with Gasteiger partial charge in [0.2, 0.25) is 0 Å². The summed E-state index contributed by atoms with van der Waals surface area (Å²) in [7, 11) is 0. The standard InChI is InChI=1S/C30H31N5O2/c1-18-15-32-28(33-16-18)21-12-26(24-7-5-20(3)34-27(24)13-21)30(9-10-30)35-29(36)25-14-23(6-4-19(25)2)37-17-22-8-11-31-22/h4-7,12-16,22,31H,8-11,17H2,1-3H3,(H,35,36)/t22-/m0/s1. The molecular weight excluding hydrogens is 462 g/mol. The van der Waals surface area contributed by atoms with Crippen molar-refractivity contribution in [1.29, 1.82) is 0 Å². The number of ether oxygens (including phenoxy) is 1. The number of carbonyl (C=O) groups excluding carboxylic acids is 1. The maximum absolute atomic E-state index is 13.6. The van der Waals surface area contributed by atoms with E-state index in [1.165, 1.54) is 0 Å². The Hall–Kier alpha value is -3.84. The number of rotatable bonds is 7. The van der Waals surface area contributed by atoms with E-state index >= 15 is 0 Å². The first kappa shape index (κ1) is 23.6. The van der Waals surface area contributed by atoms with Gasteiger partial charge in [-0.25, -0.2) is 9.97 Å². The molecular formula is C30H31N5O2. The van der Waals surface area contributed by atoms with Gasteiger partial charge in [0.1, 0.15) is 12.4 Å². The fourth-order valence-electron chi connectivity index (χ4n) is 4.90. The molecule has 188 valence electrons. The van der Waals surface area contributed by atoms with E-state index < -0.39 is 5.54 Å². The number of pyridine rings is 1. The summed E-state index contributed by atoms with van der Waals surface area (Å²) in [6, 6.07) is 14.4. The third-order valence-electron chi connectivity index (χ3n) is 7.43. The molecule has 37 heavy (non-hydrogen) atoms. The largest absolute Gasteiger partial charge is 0.492 e. The molecule has 1 atom stereocenters. The van der Waals surface area contributed by atoms with Crippen molar-refractivity contribution in [1.82, 2.24) is 25.6 Å². The van der Waals surface area contributed by atoms with E-state index in [9.17, 15) is 4.79 Å². The van der Waals surface area contributed by atoms with Crippen molar-refractivity contribution in [2.45, 2.75) is 51.6 Å². The third-order valence-corrected chi connectivity index (χ3v) is 7.43. The van der Waals surface area contributed by atoms with E-state index in [2.05, 4.69) is 32.7 Å². The zero-order valence-electron chi connectivity index (χ0n) is 21.5. The van der Waals surface area contributed by atoms with Crippen LogP contribution in [-0.2, 0) is 5.54 Å². The van der Waals surface area contributed by atoms with Crippen LogP contribution in [0.2, 0.25) is 0 Å². The van der Waals surface area contributed by atoms with Crippen LogP contribution in [0.3, 0.4) is 0 Å². The molecule has 1 aliphatic carbocycles. The molecule has 4 aromatic rings. The molecule has 1 amide bonds. The molecule has 2 aromatic carbocycles. The van der Waals surface area contributed by atoms with Crippen molar-refractivity contribution in [3.63, 3.8) is 0 Å². The van der Waals surface area contributed by atoms with Crippen LogP contribution in [0.25, 0.3) is 22.3 Å². The lowest BCUT2D eigenvalue weighted by molar-refractivity contribution is 0.0930. The van der Waals surface area contributed by atoms with Gasteiger partial charge >= 0.3 is 0 Å². The van der Waals surface area contributed by atoms with Gasteiger partial charge in [0, 0.05) is 40.6 Å². The Morgan fingerprint density at radius 2 is 1.86 bits per heavy atom. The predicted octanol–water partition coefficient (Wildman–Crippen LogP) is 4.78. The van der Waals surface area contributed by atoms with Crippen LogP contribution in [-0.4, -0.2) is 40.1 Å². The van der Waals surface area contributed by atoms with Crippen molar-refractivity contribution in [2.24, 2.45) is 0 Å². The van der Waals surface area contributed by atoms with Crippen LogP contribution in [0.4, 0.5) is 0 Å². The molecule has 2 N–H and O–H groups in total. The molecule has 1 saturated heterocycles. The Morgan fingerprint density at radius 3 is 2.57 bits per heavy atom. The lowest BCUT2D eigenvalue weighted by Crippen LogP contribution is -2.46. The summed E-state index contributed by atoms with van der Waals surface area (Å²) in [5.74, 6) is 1.28. The number of amides is 1. The van der Waals surface area contributed by atoms with E-state index in [0.29, 0.717) is 24.0 Å². The highest BCUT2D eigenvalue weighted by atomic mass is 16.5. The highest BCUT2D eigenvalue weighted by Crippen LogP contribution is 2.49. The predicted molar refractivity (Wildman–Crippen MR) is 144 cm³/mol. The summed E-state index contributed by atoms with van der Waals surface area (Å²) in [6.45, 7) is 7.57. The molecule has 3 heterocycles. The van der Waals surface area contributed by atoms with Crippen molar-refractivity contribution >= 4 is 16.8 Å². The molecule has 2 aromatic heterocycles. The van der Waals surface area contributed by atoms with Crippen molar-refractivity contribution < 1.29 is 9.53 Å². The van der Waals surface area contributed by atoms with Crippen LogP contribution in [0, 0.1) is 20.8 Å². The Kier molecular flexibility index (Phi) is 5.88. The molecule has 0 spiro atoms. The summed E-state index contributed by atoms with van der Waals surface area (Å²) in [6.07, 6.45) is 6.49. The smallest absolute Gasteiger partial charge is 0.252 e. The Bertz CT molecular complexity index is 1490. The Labute approximate surface area is 216 Å². The minimum atomic E-state index is -0.452. The fraction of sp³-hybridized carbons (Fsp3) is 0.333. The first-order chi connectivity index (χ1) is 17.9. The molecule has 0 unspecified atom stereocenters. The quantitative estimate of drug-likeness (QED) is 0.385.